The molecule has 5 heteroatoms. The number of hydrogen-bond acceptors (Lipinski definition) is 5. The molecule has 0 aromatic heterocycles. The second-order valence-electron chi connectivity index (χ2n) is 5.79. The minimum Gasteiger partial charge on any atom is -0.468 e. The van der Waals surface area contributed by atoms with Crippen molar-refractivity contribution in [1.29, 1.82) is 0 Å². The Morgan fingerprint density at radius 2 is 2.00 bits per heavy atom. The summed E-state index contributed by atoms with van der Waals surface area (Å²) in [4.78, 5) is 25.4. The molecular formula is C20H19NO3S. The van der Waals surface area contributed by atoms with Crippen LogP contribution in [-0.2, 0) is 9.53 Å². The Bertz CT molecular complexity index is 830. The maximum absolute atomic E-state index is 13.1. The first kappa shape index (κ1) is 17.3. The van der Waals surface area contributed by atoms with Gasteiger partial charge in [-0.15, -0.1) is 11.8 Å². The van der Waals surface area contributed by atoms with Gasteiger partial charge in [0.25, 0.3) is 0 Å². The minimum absolute atomic E-state index is 0.0105. The standard InChI is InChI=1S/C20H19NO3S/c1-13-8-9-17-15(10-13)19(23)16(11-21-12-18(22)24-2)20(25-17)14-6-4-3-5-7-14/h3-11,20-21H,12H2,1-2H3. The van der Waals surface area contributed by atoms with E-state index in [0.29, 0.717) is 11.1 Å². The van der Waals surface area contributed by atoms with Crippen molar-refractivity contribution in [2.75, 3.05) is 13.7 Å². The number of carbonyl (C=O) groups is 2. The molecule has 3 rings (SSSR count). The van der Waals surface area contributed by atoms with Gasteiger partial charge in [-0.1, -0.05) is 42.0 Å². The zero-order chi connectivity index (χ0) is 17.8. The van der Waals surface area contributed by atoms with Crippen LogP contribution < -0.4 is 5.32 Å². The highest BCUT2D eigenvalue weighted by Crippen LogP contribution is 2.47. The van der Waals surface area contributed by atoms with E-state index in [-0.39, 0.29) is 23.5 Å². The summed E-state index contributed by atoms with van der Waals surface area (Å²) in [7, 11) is 1.34. The third kappa shape index (κ3) is 3.77. The number of hydrogen-bond donors (Lipinski definition) is 1. The van der Waals surface area contributed by atoms with Crippen molar-refractivity contribution in [3.63, 3.8) is 0 Å². The lowest BCUT2D eigenvalue weighted by atomic mass is 9.95. The van der Waals surface area contributed by atoms with E-state index >= 15 is 0 Å². The van der Waals surface area contributed by atoms with Gasteiger partial charge in [0.1, 0.15) is 6.54 Å². The number of Topliss-reactive ketones (excluding diaryl/α,β-unsaturated/α-hetero) is 1. The Labute approximate surface area is 151 Å². The number of benzene rings is 2. The Kier molecular flexibility index (Phi) is 5.24. The molecule has 1 aliphatic heterocycles. The summed E-state index contributed by atoms with van der Waals surface area (Å²) in [6.45, 7) is 2.00. The first-order valence-corrected chi connectivity index (χ1v) is 8.85. The Hall–Kier alpha value is -2.53. The number of aryl methyl sites for hydroxylation is 1. The molecule has 0 spiro atoms. The van der Waals surface area contributed by atoms with Crippen LogP contribution in [0.3, 0.4) is 0 Å². The molecule has 1 aliphatic rings. The van der Waals surface area contributed by atoms with Crippen molar-refractivity contribution >= 4 is 23.5 Å². The molecule has 0 saturated carbocycles. The summed E-state index contributed by atoms with van der Waals surface area (Å²) in [5.74, 6) is -0.385. The number of ether oxygens (including phenoxy) is 1. The van der Waals surface area contributed by atoms with Gasteiger partial charge in [-0.25, -0.2) is 0 Å². The summed E-state index contributed by atoms with van der Waals surface area (Å²) in [5, 5.41) is 2.79. The van der Waals surface area contributed by atoms with Crippen molar-refractivity contribution in [2.24, 2.45) is 0 Å². The van der Waals surface area contributed by atoms with Gasteiger partial charge in [0.05, 0.1) is 12.4 Å². The van der Waals surface area contributed by atoms with E-state index in [4.69, 9.17) is 0 Å². The van der Waals surface area contributed by atoms with Crippen LogP contribution in [0.5, 0.6) is 0 Å². The number of nitrogens with one attached hydrogen (secondary N) is 1. The van der Waals surface area contributed by atoms with E-state index in [0.717, 1.165) is 16.0 Å². The zero-order valence-corrected chi connectivity index (χ0v) is 14.9. The third-order valence-electron chi connectivity index (χ3n) is 4.00. The fraction of sp³-hybridized carbons (Fsp3) is 0.200. The average Bonchev–Trinajstić information content (AvgIpc) is 2.64. The zero-order valence-electron chi connectivity index (χ0n) is 14.1. The van der Waals surface area contributed by atoms with Gasteiger partial charge in [-0.3, -0.25) is 9.59 Å². The summed E-state index contributed by atoms with van der Waals surface area (Å²) < 4.78 is 4.63. The van der Waals surface area contributed by atoms with Gasteiger partial charge in [-0.2, -0.15) is 0 Å². The Morgan fingerprint density at radius 3 is 2.72 bits per heavy atom. The fourth-order valence-corrected chi connectivity index (χ4v) is 4.00. The number of ketones is 1. The van der Waals surface area contributed by atoms with Crippen molar-refractivity contribution in [2.45, 2.75) is 17.1 Å². The van der Waals surface area contributed by atoms with Gasteiger partial charge < -0.3 is 10.1 Å². The smallest absolute Gasteiger partial charge is 0.325 e. The molecule has 1 unspecified atom stereocenters. The monoisotopic (exact) mass is 353 g/mol. The van der Waals surface area contributed by atoms with Crippen LogP contribution in [0.4, 0.5) is 0 Å². The van der Waals surface area contributed by atoms with Crippen molar-refractivity contribution < 1.29 is 14.3 Å². The van der Waals surface area contributed by atoms with Gasteiger partial charge in [0.2, 0.25) is 0 Å². The minimum atomic E-state index is -0.375. The molecule has 1 N–H and O–H groups in total. The van der Waals surface area contributed by atoms with E-state index in [1.165, 1.54) is 7.11 Å². The van der Waals surface area contributed by atoms with Crippen LogP contribution in [0.25, 0.3) is 0 Å². The van der Waals surface area contributed by atoms with E-state index in [9.17, 15) is 9.59 Å². The van der Waals surface area contributed by atoms with Gasteiger partial charge in [-0.05, 0) is 24.6 Å². The van der Waals surface area contributed by atoms with Crippen LogP contribution in [-0.4, -0.2) is 25.4 Å². The average molecular weight is 353 g/mol. The van der Waals surface area contributed by atoms with E-state index in [1.54, 1.807) is 18.0 Å². The highest BCUT2D eigenvalue weighted by Gasteiger charge is 2.32. The number of thioether (sulfide) groups is 1. The largest absolute Gasteiger partial charge is 0.468 e. The number of methoxy groups -OCH3 is 1. The van der Waals surface area contributed by atoms with E-state index < -0.39 is 0 Å². The van der Waals surface area contributed by atoms with Crippen LogP contribution in [0.15, 0.2) is 65.2 Å². The predicted octanol–water partition coefficient (Wildman–Crippen LogP) is 3.67. The Balaban J connectivity index is 1.99. The van der Waals surface area contributed by atoms with Crippen LogP contribution in [0.1, 0.15) is 26.7 Å². The molecule has 0 aliphatic carbocycles. The molecule has 0 fully saturated rings. The molecule has 128 valence electrons. The molecule has 25 heavy (non-hydrogen) atoms. The molecule has 2 aromatic rings. The van der Waals surface area contributed by atoms with Crippen LogP contribution in [0, 0.1) is 6.92 Å². The molecule has 1 heterocycles. The number of carbonyl (C=O) groups excluding carboxylic acids is 2. The molecule has 1 atom stereocenters. The molecule has 0 saturated heterocycles. The number of esters is 1. The third-order valence-corrected chi connectivity index (χ3v) is 5.37. The maximum atomic E-state index is 13.1. The van der Waals surface area contributed by atoms with Gasteiger partial charge in [0.15, 0.2) is 5.78 Å². The summed E-state index contributed by atoms with van der Waals surface area (Å²) in [5.41, 5.74) is 3.45. The lowest BCUT2D eigenvalue weighted by Crippen LogP contribution is -2.23. The van der Waals surface area contributed by atoms with Crippen molar-refractivity contribution in [3.8, 4) is 0 Å². The van der Waals surface area contributed by atoms with Crippen molar-refractivity contribution in [1.82, 2.24) is 5.32 Å². The lowest BCUT2D eigenvalue weighted by Gasteiger charge is -2.26. The molecule has 2 aromatic carbocycles. The quantitative estimate of drug-likeness (QED) is 0.671. The molecule has 0 radical (unpaired) electrons. The Morgan fingerprint density at radius 1 is 1.24 bits per heavy atom. The highest BCUT2D eigenvalue weighted by molar-refractivity contribution is 8.00. The van der Waals surface area contributed by atoms with E-state index in [1.807, 2.05) is 55.5 Å². The predicted molar refractivity (Wildman–Crippen MR) is 98.7 cm³/mol. The first-order valence-electron chi connectivity index (χ1n) is 7.97. The van der Waals surface area contributed by atoms with Crippen LogP contribution >= 0.6 is 11.8 Å². The molecule has 4 nitrogen and oxygen atoms in total. The fourth-order valence-electron chi connectivity index (χ4n) is 2.72. The summed E-state index contributed by atoms with van der Waals surface area (Å²) >= 11 is 1.65. The second-order valence-corrected chi connectivity index (χ2v) is 6.94. The highest BCUT2D eigenvalue weighted by atomic mass is 32.2. The van der Waals surface area contributed by atoms with E-state index in [2.05, 4.69) is 10.1 Å². The summed E-state index contributed by atoms with van der Waals surface area (Å²) in [6, 6.07) is 15.8. The maximum Gasteiger partial charge on any atom is 0.325 e. The number of fused-ring (bicyclic) bond motifs is 1. The van der Waals surface area contributed by atoms with Crippen LogP contribution in [0.2, 0.25) is 0 Å². The molecule has 0 bridgehead atoms. The molecule has 0 amide bonds. The number of rotatable bonds is 4. The summed E-state index contributed by atoms with van der Waals surface area (Å²) in [6.07, 6.45) is 1.65. The normalized spacial score (nSPS) is 17.9. The first-order chi connectivity index (χ1) is 12.1. The van der Waals surface area contributed by atoms with Gasteiger partial charge in [0, 0.05) is 22.2 Å². The SMILES string of the molecule is COC(=O)CNC=C1C(=O)c2cc(C)ccc2SC1c1ccccc1. The topological polar surface area (TPSA) is 55.4 Å². The van der Waals surface area contributed by atoms with Gasteiger partial charge >= 0.3 is 5.97 Å². The second kappa shape index (κ2) is 7.57. The van der Waals surface area contributed by atoms with Crippen molar-refractivity contribution in [3.05, 3.63) is 77.0 Å². The molecular weight excluding hydrogens is 334 g/mol. The lowest BCUT2D eigenvalue weighted by molar-refractivity contribution is -0.139.